The van der Waals surface area contributed by atoms with Crippen LogP contribution >= 0.6 is 12.4 Å². The number of aromatic nitrogens is 3. The van der Waals surface area contributed by atoms with E-state index in [2.05, 4.69) is 15.0 Å². The molecule has 0 unspecified atom stereocenters. The first-order valence-electron chi connectivity index (χ1n) is 6.26. The Hall–Kier alpha value is -2.27. The van der Waals surface area contributed by atoms with Crippen LogP contribution in [0.3, 0.4) is 0 Å². The van der Waals surface area contributed by atoms with E-state index in [1.54, 1.807) is 20.4 Å². The molecule has 0 bridgehead atoms. The molecular weight excluding hydrogens is 290 g/mol. The van der Waals surface area contributed by atoms with Gasteiger partial charge in [-0.05, 0) is 30.7 Å². The first kappa shape index (κ1) is 15.1. The number of imidazole rings is 1. The van der Waals surface area contributed by atoms with Gasteiger partial charge in [-0.3, -0.25) is 0 Å². The van der Waals surface area contributed by atoms with Crippen LogP contribution in [-0.4, -0.2) is 29.2 Å². The summed E-state index contributed by atoms with van der Waals surface area (Å²) in [6.07, 6.45) is 1.76. The molecule has 110 valence electrons. The summed E-state index contributed by atoms with van der Waals surface area (Å²) in [5.74, 6) is 2.19. The Labute approximate surface area is 128 Å². The van der Waals surface area contributed by atoms with Crippen molar-refractivity contribution in [2.24, 2.45) is 0 Å². The summed E-state index contributed by atoms with van der Waals surface area (Å²) in [5.41, 5.74) is 3.64. The number of hydrogen-bond donors (Lipinski definition) is 1. The van der Waals surface area contributed by atoms with E-state index in [4.69, 9.17) is 9.47 Å². The molecule has 0 saturated carbocycles. The molecule has 2 heterocycles. The highest BCUT2D eigenvalue weighted by atomic mass is 35.5. The third-order valence-corrected chi connectivity index (χ3v) is 3.26. The smallest absolute Gasteiger partial charge is 0.178 e. The molecule has 0 aliphatic carbocycles. The minimum Gasteiger partial charge on any atom is -0.497 e. The standard InChI is InChI=1S/C15H15N3O2.ClH/c1-9-6-7-16-15-13(9)17-14(18-15)11-5-4-10(19-2)8-12(11)20-3;/h4-8H,1-3H3,(H,16,17,18);1H. The number of aryl methyl sites for hydroxylation is 1. The van der Waals surface area contributed by atoms with Gasteiger partial charge in [0.2, 0.25) is 0 Å². The number of halogens is 1. The lowest BCUT2D eigenvalue weighted by molar-refractivity contribution is 0.395. The fourth-order valence-corrected chi connectivity index (χ4v) is 2.16. The number of pyridine rings is 1. The monoisotopic (exact) mass is 305 g/mol. The molecule has 1 N–H and O–H groups in total. The van der Waals surface area contributed by atoms with Gasteiger partial charge in [0.15, 0.2) is 5.65 Å². The van der Waals surface area contributed by atoms with E-state index in [1.807, 2.05) is 31.2 Å². The summed E-state index contributed by atoms with van der Waals surface area (Å²) in [6, 6.07) is 7.59. The summed E-state index contributed by atoms with van der Waals surface area (Å²) < 4.78 is 10.6. The number of benzene rings is 1. The second kappa shape index (κ2) is 6.01. The molecule has 6 heteroatoms. The maximum absolute atomic E-state index is 5.41. The molecular formula is C15H16ClN3O2. The summed E-state index contributed by atoms with van der Waals surface area (Å²) in [5, 5.41) is 0. The Bertz CT molecular complexity index is 771. The van der Waals surface area contributed by atoms with E-state index in [9.17, 15) is 0 Å². The van der Waals surface area contributed by atoms with Crippen LogP contribution in [0.15, 0.2) is 30.5 Å². The topological polar surface area (TPSA) is 60.0 Å². The van der Waals surface area contributed by atoms with Crippen LogP contribution in [0.2, 0.25) is 0 Å². The molecule has 0 aliphatic rings. The minimum absolute atomic E-state index is 0. The highest BCUT2D eigenvalue weighted by Gasteiger charge is 2.13. The van der Waals surface area contributed by atoms with Crippen LogP contribution in [0.4, 0.5) is 0 Å². The molecule has 0 radical (unpaired) electrons. The zero-order valence-electron chi connectivity index (χ0n) is 12.0. The van der Waals surface area contributed by atoms with Gasteiger partial charge in [0.05, 0.1) is 25.3 Å². The zero-order valence-corrected chi connectivity index (χ0v) is 12.8. The van der Waals surface area contributed by atoms with Gasteiger partial charge in [0, 0.05) is 12.3 Å². The van der Waals surface area contributed by atoms with Crippen LogP contribution in [0.1, 0.15) is 5.56 Å². The SMILES string of the molecule is COc1ccc(-c2nc3nccc(C)c3[nH]2)c(OC)c1.Cl. The first-order chi connectivity index (χ1) is 9.72. The highest BCUT2D eigenvalue weighted by Crippen LogP contribution is 2.32. The number of nitrogens with one attached hydrogen (secondary N) is 1. The molecule has 0 atom stereocenters. The zero-order chi connectivity index (χ0) is 14.1. The Morgan fingerprint density at radius 2 is 1.90 bits per heavy atom. The van der Waals surface area contributed by atoms with Crippen molar-refractivity contribution in [1.29, 1.82) is 0 Å². The average molecular weight is 306 g/mol. The molecule has 2 aromatic heterocycles. The predicted molar refractivity (Wildman–Crippen MR) is 84.4 cm³/mol. The van der Waals surface area contributed by atoms with Gasteiger partial charge in [-0.15, -0.1) is 12.4 Å². The Morgan fingerprint density at radius 1 is 1.10 bits per heavy atom. The van der Waals surface area contributed by atoms with Crippen molar-refractivity contribution in [1.82, 2.24) is 15.0 Å². The van der Waals surface area contributed by atoms with Crippen molar-refractivity contribution in [3.05, 3.63) is 36.0 Å². The van der Waals surface area contributed by atoms with Crippen molar-refractivity contribution >= 4 is 23.6 Å². The van der Waals surface area contributed by atoms with Crippen molar-refractivity contribution in [3.63, 3.8) is 0 Å². The maximum atomic E-state index is 5.41. The molecule has 0 spiro atoms. The molecule has 0 saturated heterocycles. The van der Waals surface area contributed by atoms with Crippen LogP contribution < -0.4 is 9.47 Å². The molecule has 3 aromatic rings. The largest absolute Gasteiger partial charge is 0.497 e. The number of ether oxygens (including phenoxy) is 2. The predicted octanol–water partition coefficient (Wildman–Crippen LogP) is 3.37. The van der Waals surface area contributed by atoms with Crippen molar-refractivity contribution < 1.29 is 9.47 Å². The number of H-pyrrole nitrogens is 1. The quantitative estimate of drug-likeness (QED) is 0.806. The molecule has 0 fully saturated rings. The molecule has 1 aromatic carbocycles. The Balaban J connectivity index is 0.00000161. The number of nitrogens with zero attached hydrogens (tertiary/aromatic N) is 2. The molecule has 0 amide bonds. The van der Waals surface area contributed by atoms with E-state index in [1.165, 1.54) is 0 Å². The van der Waals surface area contributed by atoms with E-state index in [0.29, 0.717) is 11.4 Å². The van der Waals surface area contributed by atoms with Crippen LogP contribution in [0, 0.1) is 6.92 Å². The lowest BCUT2D eigenvalue weighted by Crippen LogP contribution is -1.91. The number of aromatic amines is 1. The second-order valence-corrected chi connectivity index (χ2v) is 4.48. The van der Waals surface area contributed by atoms with Crippen molar-refractivity contribution in [2.75, 3.05) is 14.2 Å². The summed E-state index contributed by atoms with van der Waals surface area (Å²) in [7, 11) is 3.26. The number of rotatable bonds is 3. The summed E-state index contributed by atoms with van der Waals surface area (Å²) >= 11 is 0. The Kier molecular flexibility index (Phi) is 4.33. The van der Waals surface area contributed by atoms with E-state index >= 15 is 0 Å². The van der Waals surface area contributed by atoms with E-state index < -0.39 is 0 Å². The molecule has 3 rings (SSSR count). The second-order valence-electron chi connectivity index (χ2n) is 4.48. The fourth-order valence-electron chi connectivity index (χ4n) is 2.16. The van der Waals surface area contributed by atoms with Gasteiger partial charge >= 0.3 is 0 Å². The minimum atomic E-state index is 0. The fraction of sp³-hybridized carbons (Fsp3) is 0.200. The Morgan fingerprint density at radius 3 is 2.57 bits per heavy atom. The molecule has 21 heavy (non-hydrogen) atoms. The van der Waals surface area contributed by atoms with E-state index in [-0.39, 0.29) is 12.4 Å². The number of fused-ring (bicyclic) bond motifs is 1. The normalized spacial score (nSPS) is 10.2. The van der Waals surface area contributed by atoms with Gasteiger partial charge in [0.1, 0.15) is 17.3 Å². The highest BCUT2D eigenvalue weighted by molar-refractivity contribution is 5.85. The van der Waals surface area contributed by atoms with Gasteiger partial charge in [0.25, 0.3) is 0 Å². The van der Waals surface area contributed by atoms with Gasteiger partial charge < -0.3 is 14.5 Å². The number of methoxy groups -OCH3 is 2. The van der Waals surface area contributed by atoms with Crippen LogP contribution in [-0.2, 0) is 0 Å². The van der Waals surface area contributed by atoms with Crippen molar-refractivity contribution in [2.45, 2.75) is 6.92 Å². The summed E-state index contributed by atoms with van der Waals surface area (Å²) in [4.78, 5) is 12.1. The molecule has 5 nitrogen and oxygen atoms in total. The first-order valence-corrected chi connectivity index (χ1v) is 6.26. The molecule has 0 aliphatic heterocycles. The van der Waals surface area contributed by atoms with Crippen LogP contribution in [0.5, 0.6) is 11.5 Å². The van der Waals surface area contributed by atoms with Crippen LogP contribution in [0.25, 0.3) is 22.6 Å². The third-order valence-electron chi connectivity index (χ3n) is 3.26. The van der Waals surface area contributed by atoms with Gasteiger partial charge in [-0.1, -0.05) is 0 Å². The number of hydrogen-bond acceptors (Lipinski definition) is 4. The third kappa shape index (κ3) is 2.64. The van der Waals surface area contributed by atoms with Gasteiger partial charge in [-0.2, -0.15) is 0 Å². The average Bonchev–Trinajstić information content (AvgIpc) is 2.92. The summed E-state index contributed by atoms with van der Waals surface area (Å²) in [6.45, 7) is 2.03. The van der Waals surface area contributed by atoms with Gasteiger partial charge in [-0.25, -0.2) is 9.97 Å². The van der Waals surface area contributed by atoms with Crippen molar-refractivity contribution in [3.8, 4) is 22.9 Å². The maximum Gasteiger partial charge on any atom is 0.178 e. The van der Waals surface area contributed by atoms with E-state index in [0.717, 1.165) is 28.2 Å². The lowest BCUT2D eigenvalue weighted by atomic mass is 10.2. The lowest BCUT2D eigenvalue weighted by Gasteiger charge is -2.08.